The van der Waals surface area contributed by atoms with E-state index in [0.717, 1.165) is 36.6 Å². The van der Waals surface area contributed by atoms with Crippen molar-refractivity contribution < 1.29 is 4.74 Å². The molecule has 1 fully saturated rings. The van der Waals surface area contributed by atoms with E-state index in [-0.39, 0.29) is 0 Å². The number of benzene rings is 1. The molecule has 21 heavy (non-hydrogen) atoms. The van der Waals surface area contributed by atoms with Crippen molar-refractivity contribution in [2.45, 2.75) is 32.7 Å². The monoisotopic (exact) mass is 354 g/mol. The highest BCUT2D eigenvalue weighted by Gasteiger charge is 2.22. The van der Waals surface area contributed by atoms with Gasteiger partial charge in [0, 0.05) is 43.0 Å². The summed E-state index contributed by atoms with van der Waals surface area (Å²) in [4.78, 5) is 2.53. The van der Waals surface area contributed by atoms with Crippen LogP contribution in [0.15, 0.2) is 22.7 Å². The van der Waals surface area contributed by atoms with Gasteiger partial charge in [0.05, 0.1) is 0 Å². The standard InChI is InChI=1S/C17H27BrN2O/c1-4-19-13(2)16-11-15(18)5-6-17(16)20-9-7-14(8-10-20)12-21-3/h5-6,11,13-14,19H,4,7-10,12H2,1-3H3. The van der Waals surface area contributed by atoms with Crippen LogP contribution in [0.4, 0.5) is 5.69 Å². The summed E-state index contributed by atoms with van der Waals surface area (Å²) in [7, 11) is 1.80. The highest BCUT2D eigenvalue weighted by Crippen LogP contribution is 2.32. The van der Waals surface area contributed by atoms with Crippen LogP contribution in [0.2, 0.25) is 0 Å². The third-order valence-electron chi connectivity index (χ3n) is 4.32. The lowest BCUT2D eigenvalue weighted by atomic mass is 9.96. The average molecular weight is 355 g/mol. The third-order valence-corrected chi connectivity index (χ3v) is 4.82. The zero-order valence-electron chi connectivity index (χ0n) is 13.4. The van der Waals surface area contributed by atoms with Crippen molar-refractivity contribution in [2.24, 2.45) is 5.92 Å². The maximum atomic E-state index is 5.30. The summed E-state index contributed by atoms with van der Waals surface area (Å²) in [5.41, 5.74) is 2.76. The van der Waals surface area contributed by atoms with Gasteiger partial charge in [-0.2, -0.15) is 0 Å². The van der Waals surface area contributed by atoms with E-state index in [9.17, 15) is 0 Å². The number of nitrogens with zero attached hydrogens (tertiary/aromatic N) is 1. The first-order valence-electron chi connectivity index (χ1n) is 7.92. The zero-order valence-corrected chi connectivity index (χ0v) is 14.9. The number of piperidine rings is 1. The molecule has 1 aliphatic rings. The number of rotatable bonds is 6. The zero-order chi connectivity index (χ0) is 15.2. The number of ether oxygens (including phenoxy) is 1. The van der Waals surface area contributed by atoms with Crippen LogP contribution < -0.4 is 10.2 Å². The molecule has 1 atom stereocenters. The van der Waals surface area contributed by atoms with Crippen LogP contribution in [0.1, 0.15) is 38.3 Å². The lowest BCUT2D eigenvalue weighted by Gasteiger charge is -2.35. The Hall–Kier alpha value is -0.580. The van der Waals surface area contributed by atoms with E-state index >= 15 is 0 Å². The normalized spacial score (nSPS) is 18.0. The van der Waals surface area contributed by atoms with Crippen LogP contribution in [0.5, 0.6) is 0 Å². The van der Waals surface area contributed by atoms with Gasteiger partial charge in [0.15, 0.2) is 0 Å². The van der Waals surface area contributed by atoms with Gasteiger partial charge in [-0.1, -0.05) is 22.9 Å². The van der Waals surface area contributed by atoms with Crippen molar-refractivity contribution in [3.8, 4) is 0 Å². The molecule has 0 aromatic heterocycles. The second kappa shape index (κ2) is 8.16. The molecule has 1 aliphatic heterocycles. The Labute approximate surface area is 137 Å². The number of methoxy groups -OCH3 is 1. The van der Waals surface area contributed by atoms with Crippen LogP contribution in [0.25, 0.3) is 0 Å². The lowest BCUT2D eigenvalue weighted by Crippen LogP contribution is -2.36. The minimum absolute atomic E-state index is 0.374. The fourth-order valence-corrected chi connectivity index (χ4v) is 3.53. The Morgan fingerprint density at radius 3 is 2.71 bits per heavy atom. The molecular formula is C17H27BrN2O. The van der Waals surface area contributed by atoms with Crippen LogP contribution in [0.3, 0.4) is 0 Å². The van der Waals surface area contributed by atoms with Crippen molar-refractivity contribution >= 4 is 21.6 Å². The second-order valence-corrected chi connectivity index (χ2v) is 6.78. The molecule has 1 aromatic carbocycles. The van der Waals surface area contributed by atoms with Crippen molar-refractivity contribution in [3.05, 3.63) is 28.2 Å². The maximum Gasteiger partial charge on any atom is 0.0491 e. The van der Waals surface area contributed by atoms with E-state index in [1.807, 2.05) is 0 Å². The molecule has 0 radical (unpaired) electrons. The second-order valence-electron chi connectivity index (χ2n) is 5.87. The molecule has 2 rings (SSSR count). The van der Waals surface area contributed by atoms with Crippen molar-refractivity contribution in [1.82, 2.24) is 5.32 Å². The van der Waals surface area contributed by atoms with Gasteiger partial charge in [-0.15, -0.1) is 0 Å². The topological polar surface area (TPSA) is 24.5 Å². The number of hydrogen-bond acceptors (Lipinski definition) is 3. The molecule has 1 N–H and O–H groups in total. The van der Waals surface area contributed by atoms with Crippen molar-refractivity contribution in [3.63, 3.8) is 0 Å². The number of hydrogen-bond donors (Lipinski definition) is 1. The van der Waals surface area contributed by atoms with Gasteiger partial charge >= 0.3 is 0 Å². The Morgan fingerprint density at radius 1 is 1.38 bits per heavy atom. The summed E-state index contributed by atoms with van der Waals surface area (Å²) in [6.07, 6.45) is 2.44. The van der Waals surface area contributed by atoms with E-state index in [4.69, 9.17) is 4.74 Å². The predicted molar refractivity (Wildman–Crippen MR) is 93.0 cm³/mol. The van der Waals surface area contributed by atoms with E-state index in [2.05, 4.69) is 58.2 Å². The van der Waals surface area contributed by atoms with Gasteiger partial charge in [-0.25, -0.2) is 0 Å². The number of halogens is 1. The van der Waals surface area contributed by atoms with Gasteiger partial charge < -0.3 is 15.0 Å². The maximum absolute atomic E-state index is 5.30. The highest BCUT2D eigenvalue weighted by atomic mass is 79.9. The molecule has 0 aliphatic carbocycles. The molecule has 4 heteroatoms. The summed E-state index contributed by atoms with van der Waals surface area (Å²) in [5, 5.41) is 3.53. The smallest absolute Gasteiger partial charge is 0.0491 e. The molecule has 0 amide bonds. The van der Waals surface area contributed by atoms with E-state index in [1.54, 1.807) is 7.11 Å². The first kappa shape index (κ1) is 16.8. The average Bonchev–Trinajstić information content (AvgIpc) is 2.49. The number of nitrogens with one attached hydrogen (secondary N) is 1. The molecule has 0 bridgehead atoms. The van der Waals surface area contributed by atoms with Gasteiger partial charge in [0.25, 0.3) is 0 Å². The first-order chi connectivity index (χ1) is 10.2. The fourth-order valence-electron chi connectivity index (χ4n) is 3.15. The summed E-state index contributed by atoms with van der Waals surface area (Å²) >= 11 is 3.61. The summed E-state index contributed by atoms with van der Waals surface area (Å²) < 4.78 is 6.45. The van der Waals surface area contributed by atoms with Gasteiger partial charge in [0.1, 0.15) is 0 Å². The first-order valence-corrected chi connectivity index (χ1v) is 8.71. The highest BCUT2D eigenvalue weighted by molar-refractivity contribution is 9.10. The molecule has 1 heterocycles. The van der Waals surface area contributed by atoms with E-state index in [0.29, 0.717) is 6.04 Å². The van der Waals surface area contributed by atoms with Crippen LogP contribution in [-0.2, 0) is 4.74 Å². The Bertz CT molecular complexity index is 444. The Kier molecular flexibility index (Phi) is 6.52. The van der Waals surface area contributed by atoms with Crippen LogP contribution in [0, 0.1) is 5.92 Å². The quantitative estimate of drug-likeness (QED) is 0.835. The summed E-state index contributed by atoms with van der Waals surface area (Å²) in [6, 6.07) is 7.03. The molecular weight excluding hydrogens is 328 g/mol. The molecule has 3 nitrogen and oxygen atoms in total. The van der Waals surface area contributed by atoms with Gasteiger partial charge in [-0.3, -0.25) is 0 Å². The van der Waals surface area contributed by atoms with E-state index < -0.39 is 0 Å². The van der Waals surface area contributed by atoms with E-state index in [1.165, 1.54) is 24.1 Å². The summed E-state index contributed by atoms with van der Waals surface area (Å²) in [5.74, 6) is 0.719. The van der Waals surface area contributed by atoms with Crippen LogP contribution >= 0.6 is 15.9 Å². The molecule has 1 saturated heterocycles. The Balaban J connectivity index is 2.12. The molecule has 1 unspecified atom stereocenters. The van der Waals surface area contributed by atoms with Gasteiger partial charge in [0.2, 0.25) is 0 Å². The minimum atomic E-state index is 0.374. The number of anilines is 1. The van der Waals surface area contributed by atoms with Gasteiger partial charge in [-0.05, 0) is 56.0 Å². The SMILES string of the molecule is CCNC(C)c1cc(Br)ccc1N1CCC(COC)CC1. The third kappa shape index (κ3) is 4.44. The van der Waals surface area contributed by atoms with Crippen LogP contribution in [-0.4, -0.2) is 33.4 Å². The minimum Gasteiger partial charge on any atom is -0.384 e. The predicted octanol–water partition coefficient (Wildman–Crippen LogP) is 3.98. The fraction of sp³-hybridized carbons (Fsp3) is 0.647. The molecule has 0 saturated carbocycles. The Morgan fingerprint density at radius 2 is 2.10 bits per heavy atom. The van der Waals surface area contributed by atoms with Crippen molar-refractivity contribution in [2.75, 3.05) is 38.3 Å². The largest absolute Gasteiger partial charge is 0.384 e. The lowest BCUT2D eigenvalue weighted by molar-refractivity contribution is 0.139. The molecule has 0 spiro atoms. The molecule has 1 aromatic rings. The summed E-state index contributed by atoms with van der Waals surface area (Å²) in [6.45, 7) is 8.54. The van der Waals surface area contributed by atoms with Crippen molar-refractivity contribution in [1.29, 1.82) is 0 Å². The molecule has 118 valence electrons.